The number of hydrogen-bond acceptors (Lipinski definition) is 6. The van der Waals surface area contributed by atoms with E-state index in [1.54, 1.807) is 30.3 Å². The molecule has 0 amide bonds. The summed E-state index contributed by atoms with van der Waals surface area (Å²) in [6.45, 7) is 3.72. The maximum Gasteiger partial charge on any atom is 0.339 e. The van der Waals surface area contributed by atoms with Crippen LogP contribution in [0.4, 0.5) is 0 Å². The number of aromatic amines is 1. The molecular formula is C18H15N3O3S. The normalized spacial score (nSPS) is 10.6. The summed E-state index contributed by atoms with van der Waals surface area (Å²) in [6.07, 6.45) is 0.787. The Hall–Kier alpha value is -2.98. The van der Waals surface area contributed by atoms with E-state index in [0.29, 0.717) is 27.2 Å². The Bertz CT molecular complexity index is 1040. The lowest BCUT2D eigenvalue weighted by Gasteiger charge is -2.04. The van der Waals surface area contributed by atoms with Gasteiger partial charge in [0, 0.05) is 10.4 Å². The number of rotatable bonds is 4. The highest BCUT2D eigenvalue weighted by molar-refractivity contribution is 7.18. The number of nitrogens with one attached hydrogen (secondary N) is 1. The van der Waals surface area contributed by atoms with Gasteiger partial charge in [0.1, 0.15) is 16.7 Å². The highest BCUT2D eigenvalue weighted by Gasteiger charge is 2.15. The van der Waals surface area contributed by atoms with Crippen molar-refractivity contribution in [2.45, 2.75) is 20.3 Å². The second kappa shape index (κ2) is 6.87. The van der Waals surface area contributed by atoms with Crippen molar-refractivity contribution < 1.29 is 9.53 Å². The molecule has 0 atom stereocenters. The standard InChI is InChI=1S/C18H15N3O3S/c1-3-13-10(2)25-17-14(13)16(22)20-15(21-17)11-4-6-12(7-5-11)18(23)24-9-8-19/h4-7H,3,9H2,1-2H3,(H,20,21,22). The summed E-state index contributed by atoms with van der Waals surface area (Å²) in [4.78, 5) is 33.4. The van der Waals surface area contributed by atoms with Crippen molar-refractivity contribution in [3.05, 3.63) is 50.6 Å². The minimum Gasteiger partial charge on any atom is -0.447 e. The number of fused-ring (bicyclic) bond motifs is 1. The number of thiophene rings is 1. The number of aryl methyl sites for hydroxylation is 2. The van der Waals surface area contributed by atoms with E-state index >= 15 is 0 Å². The van der Waals surface area contributed by atoms with Crippen LogP contribution in [0.1, 0.15) is 27.7 Å². The highest BCUT2D eigenvalue weighted by atomic mass is 32.1. The molecule has 0 saturated heterocycles. The van der Waals surface area contributed by atoms with Crippen LogP contribution < -0.4 is 5.56 Å². The quantitative estimate of drug-likeness (QED) is 0.727. The third-order valence-corrected chi connectivity index (χ3v) is 4.92. The Morgan fingerprint density at radius 2 is 2.08 bits per heavy atom. The molecule has 0 spiro atoms. The zero-order valence-corrected chi connectivity index (χ0v) is 14.6. The second-order valence-electron chi connectivity index (χ2n) is 5.40. The average Bonchev–Trinajstić information content (AvgIpc) is 2.95. The average molecular weight is 353 g/mol. The van der Waals surface area contributed by atoms with Gasteiger partial charge in [-0.05, 0) is 31.0 Å². The molecule has 1 aromatic carbocycles. The number of ether oxygens (including phenoxy) is 1. The molecule has 0 saturated carbocycles. The molecule has 3 aromatic rings. The fraction of sp³-hybridized carbons (Fsp3) is 0.222. The molecule has 6 nitrogen and oxygen atoms in total. The van der Waals surface area contributed by atoms with Crippen LogP contribution in [0.2, 0.25) is 0 Å². The first-order valence-electron chi connectivity index (χ1n) is 7.72. The van der Waals surface area contributed by atoms with Crippen LogP contribution in [0.5, 0.6) is 0 Å². The Balaban J connectivity index is 1.98. The number of H-pyrrole nitrogens is 1. The first kappa shape index (κ1) is 16.9. The predicted octanol–water partition coefficient (Wildman–Crippen LogP) is 3.20. The van der Waals surface area contributed by atoms with E-state index in [1.807, 2.05) is 13.8 Å². The summed E-state index contributed by atoms with van der Waals surface area (Å²) in [5, 5.41) is 9.10. The van der Waals surface area contributed by atoms with Gasteiger partial charge in [-0.25, -0.2) is 9.78 Å². The molecule has 2 aromatic heterocycles. The number of carbonyl (C=O) groups excluding carboxylic acids is 1. The smallest absolute Gasteiger partial charge is 0.339 e. The van der Waals surface area contributed by atoms with Crippen LogP contribution in [0, 0.1) is 18.3 Å². The minimum atomic E-state index is -0.563. The second-order valence-corrected chi connectivity index (χ2v) is 6.60. The van der Waals surface area contributed by atoms with E-state index in [9.17, 15) is 9.59 Å². The molecule has 126 valence electrons. The lowest BCUT2D eigenvalue weighted by atomic mass is 10.1. The topological polar surface area (TPSA) is 95.8 Å². The lowest BCUT2D eigenvalue weighted by molar-refractivity contribution is 0.0555. The number of nitrogens with zero attached hydrogens (tertiary/aromatic N) is 2. The van der Waals surface area contributed by atoms with Crippen LogP contribution in [0.15, 0.2) is 29.1 Å². The van der Waals surface area contributed by atoms with E-state index in [1.165, 1.54) is 11.3 Å². The lowest BCUT2D eigenvalue weighted by Crippen LogP contribution is -2.10. The van der Waals surface area contributed by atoms with Gasteiger partial charge in [0.2, 0.25) is 0 Å². The van der Waals surface area contributed by atoms with Crippen LogP contribution in [0.3, 0.4) is 0 Å². The maximum absolute atomic E-state index is 12.5. The summed E-state index contributed by atoms with van der Waals surface area (Å²) >= 11 is 1.51. The third-order valence-electron chi connectivity index (χ3n) is 3.88. The van der Waals surface area contributed by atoms with Crippen LogP contribution >= 0.6 is 11.3 Å². The van der Waals surface area contributed by atoms with Crippen molar-refractivity contribution in [2.75, 3.05) is 6.61 Å². The van der Waals surface area contributed by atoms with Gasteiger partial charge in [-0.3, -0.25) is 4.79 Å². The predicted molar refractivity (Wildman–Crippen MR) is 95.7 cm³/mol. The van der Waals surface area contributed by atoms with Gasteiger partial charge in [-0.2, -0.15) is 5.26 Å². The molecule has 0 aliphatic rings. The molecule has 0 radical (unpaired) electrons. The fourth-order valence-corrected chi connectivity index (χ4v) is 3.80. The van der Waals surface area contributed by atoms with Crippen molar-refractivity contribution in [2.24, 2.45) is 0 Å². The van der Waals surface area contributed by atoms with Gasteiger partial charge in [0.05, 0.1) is 10.9 Å². The van der Waals surface area contributed by atoms with Crippen molar-refractivity contribution >= 4 is 27.5 Å². The number of benzene rings is 1. The molecule has 0 aliphatic heterocycles. The molecule has 7 heteroatoms. The highest BCUT2D eigenvalue weighted by Crippen LogP contribution is 2.28. The van der Waals surface area contributed by atoms with Crippen molar-refractivity contribution in [3.8, 4) is 17.5 Å². The molecule has 0 aliphatic carbocycles. The van der Waals surface area contributed by atoms with Gasteiger partial charge in [0.15, 0.2) is 6.61 Å². The van der Waals surface area contributed by atoms with E-state index < -0.39 is 5.97 Å². The van der Waals surface area contributed by atoms with Crippen molar-refractivity contribution in [1.82, 2.24) is 9.97 Å². The van der Waals surface area contributed by atoms with Gasteiger partial charge in [-0.1, -0.05) is 19.1 Å². The molecule has 0 unspecified atom stereocenters. The monoisotopic (exact) mass is 353 g/mol. The molecule has 25 heavy (non-hydrogen) atoms. The summed E-state index contributed by atoms with van der Waals surface area (Å²) in [7, 11) is 0. The van der Waals surface area contributed by atoms with Gasteiger partial charge < -0.3 is 9.72 Å². The largest absolute Gasteiger partial charge is 0.447 e. The zero-order valence-electron chi connectivity index (χ0n) is 13.8. The van der Waals surface area contributed by atoms with Gasteiger partial charge in [0.25, 0.3) is 5.56 Å². The summed E-state index contributed by atoms with van der Waals surface area (Å²) in [6, 6.07) is 8.29. The number of esters is 1. The molecular weight excluding hydrogens is 338 g/mol. The molecule has 3 rings (SSSR count). The Morgan fingerprint density at radius 1 is 1.36 bits per heavy atom. The molecule has 2 heterocycles. The minimum absolute atomic E-state index is 0.154. The van der Waals surface area contributed by atoms with E-state index in [4.69, 9.17) is 10.00 Å². The Kier molecular flexibility index (Phi) is 4.63. The van der Waals surface area contributed by atoms with Crippen molar-refractivity contribution in [3.63, 3.8) is 0 Å². The first-order chi connectivity index (χ1) is 12.0. The SMILES string of the molecule is CCc1c(C)sc2nc(-c3ccc(C(=O)OCC#N)cc3)[nH]c(=O)c12. The number of hydrogen-bond donors (Lipinski definition) is 1. The number of nitriles is 1. The number of carbonyl (C=O) groups is 1. The summed E-state index contributed by atoms with van der Waals surface area (Å²) in [5.41, 5.74) is 1.91. The maximum atomic E-state index is 12.5. The Morgan fingerprint density at radius 3 is 2.72 bits per heavy atom. The molecule has 0 bridgehead atoms. The van der Waals surface area contributed by atoms with Crippen molar-refractivity contribution in [1.29, 1.82) is 5.26 Å². The van der Waals surface area contributed by atoms with E-state index in [0.717, 1.165) is 16.9 Å². The zero-order chi connectivity index (χ0) is 18.0. The third kappa shape index (κ3) is 3.16. The number of aromatic nitrogens is 2. The van der Waals surface area contributed by atoms with Gasteiger partial charge >= 0.3 is 5.97 Å². The van der Waals surface area contributed by atoms with Crippen LogP contribution in [0.25, 0.3) is 21.6 Å². The fourth-order valence-electron chi connectivity index (χ4n) is 2.68. The van der Waals surface area contributed by atoms with Crippen LogP contribution in [-0.2, 0) is 11.2 Å². The summed E-state index contributed by atoms with van der Waals surface area (Å²) < 4.78 is 4.76. The van der Waals surface area contributed by atoms with E-state index in [-0.39, 0.29) is 12.2 Å². The summed E-state index contributed by atoms with van der Waals surface area (Å²) in [5.74, 6) is -0.107. The van der Waals surface area contributed by atoms with Crippen LogP contribution in [-0.4, -0.2) is 22.5 Å². The Labute approximate surface area is 147 Å². The van der Waals surface area contributed by atoms with Gasteiger partial charge in [-0.15, -0.1) is 11.3 Å². The molecule has 0 fully saturated rings. The molecule has 1 N–H and O–H groups in total. The first-order valence-corrected chi connectivity index (χ1v) is 8.53. The van der Waals surface area contributed by atoms with E-state index in [2.05, 4.69) is 9.97 Å².